The molecular formula is C17H20N2O3S. The maximum Gasteiger partial charge on any atom is 0.265 e. The summed E-state index contributed by atoms with van der Waals surface area (Å²) in [5.74, 6) is 0.297. The second kappa shape index (κ2) is 8.33. The minimum atomic E-state index is -0.182. The number of amides is 2. The van der Waals surface area contributed by atoms with E-state index in [0.29, 0.717) is 28.4 Å². The van der Waals surface area contributed by atoms with Gasteiger partial charge in [0.25, 0.3) is 5.91 Å². The van der Waals surface area contributed by atoms with Crippen LogP contribution in [0.15, 0.2) is 35.7 Å². The van der Waals surface area contributed by atoms with Gasteiger partial charge in [-0.25, -0.2) is 0 Å². The minimum absolute atomic E-state index is 0.0238. The fraction of sp³-hybridized carbons (Fsp3) is 0.294. The summed E-state index contributed by atoms with van der Waals surface area (Å²) in [4.78, 5) is 24.5. The Balaban J connectivity index is 2.07. The SMILES string of the molecule is CCCCC(=O)Nc1ccc(NC(=O)c2cccs2)c(OC)c1. The van der Waals surface area contributed by atoms with Crippen molar-refractivity contribution in [1.29, 1.82) is 0 Å². The quantitative estimate of drug-likeness (QED) is 0.801. The second-order valence-electron chi connectivity index (χ2n) is 5.00. The molecule has 0 spiro atoms. The molecule has 0 aliphatic heterocycles. The molecular weight excluding hydrogens is 312 g/mol. The molecule has 23 heavy (non-hydrogen) atoms. The number of carbonyl (C=O) groups excluding carboxylic acids is 2. The molecule has 0 unspecified atom stereocenters. The molecule has 122 valence electrons. The van der Waals surface area contributed by atoms with Gasteiger partial charge in [-0.2, -0.15) is 0 Å². The number of hydrogen-bond donors (Lipinski definition) is 2. The van der Waals surface area contributed by atoms with Gasteiger partial charge in [0.15, 0.2) is 0 Å². The molecule has 5 nitrogen and oxygen atoms in total. The van der Waals surface area contributed by atoms with E-state index in [9.17, 15) is 9.59 Å². The van der Waals surface area contributed by atoms with Gasteiger partial charge in [0.2, 0.25) is 5.91 Å². The van der Waals surface area contributed by atoms with Gasteiger partial charge in [-0.1, -0.05) is 19.4 Å². The normalized spacial score (nSPS) is 10.2. The molecule has 2 aromatic rings. The van der Waals surface area contributed by atoms with E-state index in [-0.39, 0.29) is 11.8 Å². The van der Waals surface area contributed by atoms with Crippen molar-refractivity contribution in [1.82, 2.24) is 0 Å². The fourth-order valence-electron chi connectivity index (χ4n) is 2.02. The van der Waals surface area contributed by atoms with Crippen LogP contribution in [0.5, 0.6) is 5.75 Å². The number of anilines is 2. The summed E-state index contributed by atoms with van der Waals surface area (Å²) in [7, 11) is 1.53. The molecule has 0 bridgehead atoms. The summed E-state index contributed by atoms with van der Waals surface area (Å²) < 4.78 is 5.30. The highest BCUT2D eigenvalue weighted by Crippen LogP contribution is 2.29. The van der Waals surface area contributed by atoms with E-state index in [4.69, 9.17) is 4.74 Å². The third-order valence-electron chi connectivity index (χ3n) is 3.24. The molecule has 0 saturated carbocycles. The standard InChI is InChI=1S/C17H20N2O3S/c1-3-4-7-16(20)18-12-8-9-13(14(11-12)22-2)19-17(21)15-6-5-10-23-15/h5-6,8-11H,3-4,7H2,1-2H3,(H,18,20)(H,19,21). The first-order valence-corrected chi connectivity index (χ1v) is 8.34. The molecule has 0 fully saturated rings. The topological polar surface area (TPSA) is 67.4 Å². The molecule has 2 N–H and O–H groups in total. The number of ether oxygens (including phenoxy) is 1. The van der Waals surface area contributed by atoms with Crippen molar-refractivity contribution in [2.45, 2.75) is 26.2 Å². The van der Waals surface area contributed by atoms with E-state index >= 15 is 0 Å². The van der Waals surface area contributed by atoms with Gasteiger partial charge in [0.05, 0.1) is 17.7 Å². The monoisotopic (exact) mass is 332 g/mol. The van der Waals surface area contributed by atoms with Crippen molar-refractivity contribution in [3.05, 3.63) is 40.6 Å². The number of thiophene rings is 1. The molecule has 2 rings (SSSR count). The molecule has 0 atom stereocenters. The Morgan fingerprint density at radius 2 is 2.04 bits per heavy atom. The first kappa shape index (κ1) is 17.0. The Morgan fingerprint density at radius 1 is 1.22 bits per heavy atom. The highest BCUT2D eigenvalue weighted by molar-refractivity contribution is 7.12. The molecule has 2 amide bonds. The van der Waals surface area contributed by atoms with Crippen LogP contribution in [0.1, 0.15) is 35.9 Å². The molecule has 0 aliphatic rings. The van der Waals surface area contributed by atoms with Gasteiger partial charge < -0.3 is 15.4 Å². The van der Waals surface area contributed by atoms with E-state index in [1.54, 1.807) is 24.3 Å². The summed E-state index contributed by atoms with van der Waals surface area (Å²) in [6.45, 7) is 2.04. The van der Waals surface area contributed by atoms with Gasteiger partial charge in [-0.3, -0.25) is 9.59 Å². The predicted octanol–water partition coefficient (Wildman–Crippen LogP) is 4.14. The van der Waals surface area contributed by atoms with E-state index in [2.05, 4.69) is 10.6 Å². The summed E-state index contributed by atoms with van der Waals surface area (Å²) in [6, 6.07) is 8.75. The Morgan fingerprint density at radius 3 is 2.70 bits per heavy atom. The van der Waals surface area contributed by atoms with Crippen LogP contribution in [0.4, 0.5) is 11.4 Å². The molecule has 1 aromatic carbocycles. The van der Waals surface area contributed by atoms with Crippen molar-refractivity contribution in [2.24, 2.45) is 0 Å². The summed E-state index contributed by atoms with van der Waals surface area (Å²) in [5, 5.41) is 7.49. The third kappa shape index (κ3) is 4.82. The number of carbonyl (C=O) groups is 2. The molecule has 0 saturated heterocycles. The van der Waals surface area contributed by atoms with Gasteiger partial charge in [0.1, 0.15) is 5.75 Å². The molecule has 0 aliphatic carbocycles. The fourth-order valence-corrected chi connectivity index (χ4v) is 2.64. The lowest BCUT2D eigenvalue weighted by molar-refractivity contribution is -0.116. The van der Waals surface area contributed by atoms with E-state index in [1.807, 2.05) is 18.4 Å². The lowest BCUT2D eigenvalue weighted by Gasteiger charge is -2.12. The lowest BCUT2D eigenvalue weighted by Crippen LogP contribution is -2.13. The third-order valence-corrected chi connectivity index (χ3v) is 4.10. The van der Waals surface area contributed by atoms with Crippen molar-refractivity contribution < 1.29 is 14.3 Å². The average molecular weight is 332 g/mol. The number of unbranched alkanes of at least 4 members (excludes halogenated alkanes) is 1. The predicted molar refractivity (Wildman–Crippen MR) is 93.4 cm³/mol. The lowest BCUT2D eigenvalue weighted by atomic mass is 10.2. The maximum atomic E-state index is 12.1. The van der Waals surface area contributed by atoms with Crippen LogP contribution in [0, 0.1) is 0 Å². The second-order valence-corrected chi connectivity index (χ2v) is 5.95. The zero-order valence-corrected chi connectivity index (χ0v) is 14.0. The number of nitrogens with one attached hydrogen (secondary N) is 2. The molecule has 0 radical (unpaired) electrons. The van der Waals surface area contributed by atoms with Gasteiger partial charge in [-0.05, 0) is 30.0 Å². The smallest absolute Gasteiger partial charge is 0.265 e. The van der Waals surface area contributed by atoms with E-state index in [1.165, 1.54) is 18.4 Å². The molecule has 1 heterocycles. The first-order chi connectivity index (χ1) is 11.1. The number of rotatable bonds is 7. The Kier molecular flexibility index (Phi) is 6.17. The van der Waals surface area contributed by atoms with Crippen LogP contribution in [0.25, 0.3) is 0 Å². The van der Waals surface area contributed by atoms with Crippen LogP contribution >= 0.6 is 11.3 Å². The van der Waals surface area contributed by atoms with Crippen LogP contribution in [-0.2, 0) is 4.79 Å². The van der Waals surface area contributed by atoms with Gasteiger partial charge >= 0.3 is 0 Å². The van der Waals surface area contributed by atoms with Gasteiger partial charge in [0, 0.05) is 18.2 Å². The minimum Gasteiger partial charge on any atom is -0.494 e. The average Bonchev–Trinajstić information content (AvgIpc) is 3.08. The zero-order chi connectivity index (χ0) is 16.7. The van der Waals surface area contributed by atoms with Crippen molar-refractivity contribution in [3.63, 3.8) is 0 Å². The van der Waals surface area contributed by atoms with Crippen LogP contribution in [0.3, 0.4) is 0 Å². The number of methoxy groups -OCH3 is 1. The zero-order valence-electron chi connectivity index (χ0n) is 13.2. The highest BCUT2D eigenvalue weighted by atomic mass is 32.1. The Labute approximate surface area is 139 Å². The first-order valence-electron chi connectivity index (χ1n) is 7.46. The van der Waals surface area contributed by atoms with Crippen molar-refractivity contribution in [2.75, 3.05) is 17.7 Å². The Bertz CT molecular complexity index is 668. The summed E-state index contributed by atoms with van der Waals surface area (Å²) in [5.41, 5.74) is 1.22. The number of benzene rings is 1. The van der Waals surface area contributed by atoms with Crippen molar-refractivity contribution >= 4 is 34.5 Å². The summed E-state index contributed by atoms with van der Waals surface area (Å²) >= 11 is 1.37. The Hall–Kier alpha value is -2.34. The maximum absolute atomic E-state index is 12.1. The van der Waals surface area contributed by atoms with Crippen LogP contribution in [-0.4, -0.2) is 18.9 Å². The van der Waals surface area contributed by atoms with E-state index < -0.39 is 0 Å². The highest BCUT2D eigenvalue weighted by Gasteiger charge is 2.12. The largest absolute Gasteiger partial charge is 0.494 e. The van der Waals surface area contributed by atoms with Crippen molar-refractivity contribution in [3.8, 4) is 5.75 Å². The summed E-state index contributed by atoms with van der Waals surface area (Å²) in [6.07, 6.45) is 2.33. The molecule has 6 heteroatoms. The van der Waals surface area contributed by atoms with E-state index in [0.717, 1.165) is 12.8 Å². The van der Waals surface area contributed by atoms with Crippen LogP contribution in [0.2, 0.25) is 0 Å². The van der Waals surface area contributed by atoms with Crippen LogP contribution < -0.4 is 15.4 Å². The molecule has 1 aromatic heterocycles. The van der Waals surface area contributed by atoms with Gasteiger partial charge in [-0.15, -0.1) is 11.3 Å². The number of hydrogen-bond acceptors (Lipinski definition) is 4.